The molecule has 0 aliphatic heterocycles. The summed E-state index contributed by atoms with van der Waals surface area (Å²) in [6, 6.07) is 8.85. The molecule has 0 aliphatic rings. The first-order valence-electron chi connectivity index (χ1n) is 6.87. The topological polar surface area (TPSA) is 28.4 Å². The number of nitrogens with zero attached hydrogens (tertiary/aromatic N) is 1. The number of hydrogen-bond donors (Lipinski definition) is 1. The molecule has 2 rings (SSSR count). The summed E-state index contributed by atoms with van der Waals surface area (Å²) in [4.78, 5) is 2.21. The van der Waals surface area contributed by atoms with Crippen molar-refractivity contribution in [2.24, 2.45) is 0 Å². The molecule has 1 heterocycles. The molecule has 0 saturated heterocycles. The Morgan fingerprint density at radius 2 is 2.15 bits per heavy atom. The molecular formula is C16H21BrN2O. The van der Waals surface area contributed by atoms with E-state index in [4.69, 9.17) is 4.42 Å². The van der Waals surface area contributed by atoms with Gasteiger partial charge in [0.15, 0.2) is 0 Å². The van der Waals surface area contributed by atoms with Crippen molar-refractivity contribution in [3.63, 3.8) is 0 Å². The molecule has 0 spiro atoms. The first kappa shape index (κ1) is 15.1. The van der Waals surface area contributed by atoms with Crippen molar-refractivity contribution in [1.82, 2.24) is 5.32 Å². The highest BCUT2D eigenvalue weighted by molar-refractivity contribution is 9.10. The summed E-state index contributed by atoms with van der Waals surface area (Å²) < 4.78 is 6.25. The van der Waals surface area contributed by atoms with Gasteiger partial charge in [-0.15, -0.1) is 0 Å². The number of furan rings is 1. The smallest absolute Gasteiger partial charge is 0.0952 e. The van der Waals surface area contributed by atoms with Crippen LogP contribution in [0.4, 0.5) is 5.69 Å². The molecule has 0 bridgehead atoms. The summed E-state index contributed by atoms with van der Waals surface area (Å²) in [6.45, 7) is 6.11. The van der Waals surface area contributed by atoms with E-state index < -0.39 is 0 Å². The van der Waals surface area contributed by atoms with Gasteiger partial charge in [-0.1, -0.05) is 28.9 Å². The normalized spacial score (nSPS) is 12.4. The Morgan fingerprint density at radius 3 is 2.75 bits per heavy atom. The van der Waals surface area contributed by atoms with E-state index in [2.05, 4.69) is 65.2 Å². The molecule has 2 aromatic rings. The standard InChI is InChI=1S/C16H21BrN2O/c1-4-18-12(2)15-6-5-14(9-16(15)17)19(3)10-13-7-8-20-11-13/h5-9,11-12,18H,4,10H2,1-3H3. The third kappa shape index (κ3) is 3.64. The summed E-state index contributed by atoms with van der Waals surface area (Å²) in [6.07, 6.45) is 3.49. The van der Waals surface area contributed by atoms with Crippen molar-refractivity contribution in [2.45, 2.75) is 26.4 Å². The van der Waals surface area contributed by atoms with E-state index in [0.29, 0.717) is 6.04 Å². The summed E-state index contributed by atoms with van der Waals surface area (Å²) in [5.74, 6) is 0. The van der Waals surface area contributed by atoms with Gasteiger partial charge in [-0.05, 0) is 37.2 Å². The molecule has 1 unspecified atom stereocenters. The maximum absolute atomic E-state index is 5.11. The molecule has 3 nitrogen and oxygen atoms in total. The van der Waals surface area contributed by atoms with Gasteiger partial charge >= 0.3 is 0 Å². The Balaban J connectivity index is 2.11. The van der Waals surface area contributed by atoms with Gasteiger partial charge in [0, 0.05) is 35.4 Å². The molecule has 0 amide bonds. The molecule has 1 atom stereocenters. The van der Waals surface area contributed by atoms with Gasteiger partial charge in [0.25, 0.3) is 0 Å². The van der Waals surface area contributed by atoms with Crippen molar-refractivity contribution in [3.8, 4) is 0 Å². The molecule has 0 saturated carbocycles. The van der Waals surface area contributed by atoms with Gasteiger partial charge in [-0.2, -0.15) is 0 Å². The maximum Gasteiger partial charge on any atom is 0.0952 e. The summed E-state index contributed by atoms with van der Waals surface area (Å²) in [5.41, 5.74) is 3.64. The Labute approximate surface area is 129 Å². The number of rotatable bonds is 6. The summed E-state index contributed by atoms with van der Waals surface area (Å²) >= 11 is 3.68. The fraction of sp³-hybridized carbons (Fsp3) is 0.375. The summed E-state index contributed by atoms with van der Waals surface area (Å²) in [5, 5.41) is 3.43. The van der Waals surface area contributed by atoms with Gasteiger partial charge in [-0.3, -0.25) is 0 Å². The van der Waals surface area contributed by atoms with E-state index in [1.54, 1.807) is 12.5 Å². The third-order valence-electron chi connectivity index (χ3n) is 3.40. The zero-order valence-electron chi connectivity index (χ0n) is 12.2. The van der Waals surface area contributed by atoms with Gasteiger partial charge in [0.2, 0.25) is 0 Å². The third-order valence-corrected chi connectivity index (χ3v) is 4.09. The lowest BCUT2D eigenvalue weighted by Crippen LogP contribution is -2.19. The summed E-state index contributed by atoms with van der Waals surface area (Å²) in [7, 11) is 2.09. The van der Waals surface area contributed by atoms with E-state index in [1.165, 1.54) is 16.8 Å². The second-order valence-electron chi connectivity index (χ2n) is 4.97. The second kappa shape index (κ2) is 6.95. The number of hydrogen-bond acceptors (Lipinski definition) is 3. The van der Waals surface area contributed by atoms with E-state index >= 15 is 0 Å². The number of halogens is 1. The molecule has 4 heteroatoms. The molecule has 1 N–H and O–H groups in total. The Hall–Kier alpha value is -1.26. The molecule has 1 aromatic heterocycles. The lowest BCUT2D eigenvalue weighted by atomic mass is 10.1. The fourth-order valence-electron chi connectivity index (χ4n) is 2.27. The van der Waals surface area contributed by atoms with Crippen LogP contribution in [0.25, 0.3) is 0 Å². The second-order valence-corrected chi connectivity index (χ2v) is 5.83. The molecule has 20 heavy (non-hydrogen) atoms. The van der Waals surface area contributed by atoms with Crippen molar-refractivity contribution in [3.05, 3.63) is 52.4 Å². The van der Waals surface area contributed by atoms with Gasteiger partial charge in [0.1, 0.15) is 0 Å². The van der Waals surface area contributed by atoms with Crippen molar-refractivity contribution < 1.29 is 4.42 Å². The largest absolute Gasteiger partial charge is 0.472 e. The Bertz CT molecular complexity index is 539. The van der Waals surface area contributed by atoms with Gasteiger partial charge in [0.05, 0.1) is 12.5 Å². The molecular weight excluding hydrogens is 316 g/mol. The van der Waals surface area contributed by atoms with Crippen LogP contribution < -0.4 is 10.2 Å². The Kier molecular flexibility index (Phi) is 5.26. The highest BCUT2D eigenvalue weighted by Gasteiger charge is 2.10. The highest BCUT2D eigenvalue weighted by atomic mass is 79.9. The SMILES string of the molecule is CCNC(C)c1ccc(N(C)Cc2ccoc2)cc1Br. The number of nitrogens with one attached hydrogen (secondary N) is 1. The Morgan fingerprint density at radius 1 is 1.35 bits per heavy atom. The van der Waals surface area contributed by atoms with E-state index in [-0.39, 0.29) is 0 Å². The molecule has 0 fully saturated rings. The minimum absolute atomic E-state index is 0.350. The van der Waals surface area contributed by atoms with Gasteiger partial charge in [-0.25, -0.2) is 0 Å². The first-order valence-corrected chi connectivity index (χ1v) is 7.66. The zero-order valence-corrected chi connectivity index (χ0v) is 13.8. The van der Waals surface area contributed by atoms with Crippen LogP contribution >= 0.6 is 15.9 Å². The van der Waals surface area contributed by atoms with Crippen LogP contribution in [-0.2, 0) is 6.54 Å². The average molecular weight is 337 g/mol. The highest BCUT2D eigenvalue weighted by Crippen LogP contribution is 2.28. The first-order chi connectivity index (χ1) is 9.61. The van der Waals surface area contributed by atoms with Crippen molar-refractivity contribution in [2.75, 3.05) is 18.5 Å². The van der Waals surface area contributed by atoms with Crippen molar-refractivity contribution >= 4 is 21.6 Å². The lowest BCUT2D eigenvalue weighted by Gasteiger charge is -2.21. The minimum Gasteiger partial charge on any atom is -0.472 e. The monoisotopic (exact) mass is 336 g/mol. The van der Waals surface area contributed by atoms with Crippen LogP contribution in [0.2, 0.25) is 0 Å². The van der Waals surface area contributed by atoms with Crippen LogP contribution in [0.3, 0.4) is 0 Å². The van der Waals surface area contributed by atoms with Gasteiger partial charge < -0.3 is 14.6 Å². The van der Waals surface area contributed by atoms with E-state index in [0.717, 1.165) is 17.6 Å². The fourth-order valence-corrected chi connectivity index (χ4v) is 2.98. The number of anilines is 1. The van der Waals surface area contributed by atoms with Crippen LogP contribution in [-0.4, -0.2) is 13.6 Å². The van der Waals surface area contributed by atoms with Crippen LogP contribution in [0.5, 0.6) is 0 Å². The maximum atomic E-state index is 5.11. The minimum atomic E-state index is 0.350. The molecule has 108 valence electrons. The molecule has 0 radical (unpaired) electrons. The zero-order chi connectivity index (χ0) is 14.5. The van der Waals surface area contributed by atoms with E-state index in [1.807, 2.05) is 6.07 Å². The van der Waals surface area contributed by atoms with Crippen LogP contribution in [0, 0.1) is 0 Å². The molecule has 0 aliphatic carbocycles. The van der Waals surface area contributed by atoms with E-state index in [9.17, 15) is 0 Å². The van der Waals surface area contributed by atoms with Crippen LogP contribution in [0.1, 0.15) is 31.0 Å². The average Bonchev–Trinajstić information content (AvgIpc) is 2.91. The van der Waals surface area contributed by atoms with Crippen molar-refractivity contribution in [1.29, 1.82) is 0 Å². The number of benzene rings is 1. The lowest BCUT2D eigenvalue weighted by molar-refractivity contribution is 0.563. The van der Waals surface area contributed by atoms with Crippen LogP contribution in [0.15, 0.2) is 45.7 Å². The predicted molar refractivity (Wildman–Crippen MR) is 87.0 cm³/mol. The molecule has 1 aromatic carbocycles. The quantitative estimate of drug-likeness (QED) is 0.849. The predicted octanol–water partition coefficient (Wildman–Crippen LogP) is 4.35.